The first-order valence-electron chi connectivity index (χ1n) is 18.2. The van der Waals surface area contributed by atoms with Crippen LogP contribution >= 0.6 is 11.6 Å². The Balaban J connectivity index is 1.34. The smallest absolute Gasteiger partial charge is 0.286 e. The summed E-state index contributed by atoms with van der Waals surface area (Å²) in [6.45, 7) is 5.15. The predicted octanol–water partition coefficient (Wildman–Crippen LogP) is 5.50. The van der Waals surface area contributed by atoms with Gasteiger partial charge in [0.15, 0.2) is 0 Å². The SMILES string of the molecule is COc1nn(C)cc1C(=O)NS1(=O)=NC(=O)c2ccc3c(c2)N(C[C@@H]2CC[C@H]2[C@@H](OC)/C=C/[C@H](O)[C@H](C)[C@H]1C)C[C@@]1(CCCc2cc(Cl)ccc21)CO3. The molecule has 1 aromatic heterocycles. The molecule has 2 amide bonds. The maximum Gasteiger partial charge on any atom is 0.286 e. The molecule has 14 heteroatoms. The Labute approximate surface area is 316 Å². The highest BCUT2D eigenvalue weighted by molar-refractivity contribution is 7.93. The van der Waals surface area contributed by atoms with Crippen LogP contribution in [0.25, 0.3) is 0 Å². The highest BCUT2D eigenvalue weighted by Gasteiger charge is 2.45. The zero-order chi connectivity index (χ0) is 37.7. The number of aliphatic hydroxyl groups excluding tert-OH is 1. The summed E-state index contributed by atoms with van der Waals surface area (Å²) in [5.41, 5.74) is 3.16. The van der Waals surface area contributed by atoms with Crippen molar-refractivity contribution in [3.8, 4) is 11.6 Å². The lowest BCUT2D eigenvalue weighted by Gasteiger charge is -2.46. The van der Waals surface area contributed by atoms with Gasteiger partial charge in [0.1, 0.15) is 21.2 Å². The van der Waals surface area contributed by atoms with Gasteiger partial charge >= 0.3 is 0 Å². The number of amides is 2. The normalized spacial score (nSPS) is 31.9. The molecule has 1 fully saturated rings. The van der Waals surface area contributed by atoms with Gasteiger partial charge in [-0.1, -0.05) is 36.7 Å². The van der Waals surface area contributed by atoms with E-state index in [0.717, 1.165) is 37.8 Å². The number of halogens is 1. The van der Waals surface area contributed by atoms with Crippen LogP contribution in [-0.4, -0.2) is 82.3 Å². The molecule has 2 aliphatic heterocycles. The number of anilines is 1. The summed E-state index contributed by atoms with van der Waals surface area (Å²) < 4.78 is 41.1. The number of methoxy groups -OCH3 is 2. The third-order valence-corrected chi connectivity index (χ3v) is 14.5. The molecule has 53 heavy (non-hydrogen) atoms. The van der Waals surface area contributed by atoms with Gasteiger partial charge in [0, 0.05) is 55.4 Å². The van der Waals surface area contributed by atoms with Crippen LogP contribution in [0.3, 0.4) is 0 Å². The number of carbonyl (C=O) groups is 2. The van der Waals surface area contributed by atoms with Crippen molar-refractivity contribution in [3.05, 3.63) is 82.0 Å². The van der Waals surface area contributed by atoms with E-state index in [0.29, 0.717) is 30.5 Å². The van der Waals surface area contributed by atoms with Gasteiger partial charge in [-0.15, -0.1) is 9.46 Å². The fraction of sp³-hybridized carbons (Fsp3) is 0.513. The van der Waals surface area contributed by atoms with E-state index in [1.165, 1.54) is 29.1 Å². The summed E-state index contributed by atoms with van der Waals surface area (Å²) in [7, 11) is 0.819. The molecule has 2 N–H and O–H groups in total. The number of ether oxygens (including phenoxy) is 3. The molecular formula is C39H48ClN5O7S. The van der Waals surface area contributed by atoms with Crippen LogP contribution in [0, 0.1) is 17.8 Å². The Morgan fingerprint density at radius 1 is 1.15 bits per heavy atom. The standard InChI is InChI=1S/C39H48ClN5O7S/c1-23-24(2)53(49,43-37(48)30-20-44(3)41-38(30)51-5)42-36(47)26-9-14-35-32(18-26)45(19-27-8-11-29(27)34(50-4)15-13-33(23)46)21-39(22-52-35)16-6-7-25-17-28(40)10-12-31(25)39/h9-10,12-15,17-18,20,23-24,27,29,33-34,46H,6-8,11,16,19,21-22H2,1-5H3,(H,42,43,47,48,49)/b15-13+/t23-,24-,27+,29-,33+,34+,39+,53?/m1/s1. The molecule has 1 unspecified atom stereocenters. The molecular weight excluding hydrogens is 718 g/mol. The van der Waals surface area contributed by atoms with E-state index in [1.54, 1.807) is 52.3 Å². The molecule has 2 aliphatic carbocycles. The van der Waals surface area contributed by atoms with E-state index in [1.807, 2.05) is 12.1 Å². The molecule has 7 rings (SSSR count). The van der Waals surface area contributed by atoms with Crippen molar-refractivity contribution in [2.45, 2.75) is 68.8 Å². The van der Waals surface area contributed by atoms with Crippen molar-refractivity contribution < 1.29 is 33.1 Å². The van der Waals surface area contributed by atoms with E-state index in [4.69, 9.17) is 25.8 Å². The van der Waals surface area contributed by atoms with Gasteiger partial charge in [-0.3, -0.25) is 19.0 Å². The summed E-state index contributed by atoms with van der Waals surface area (Å²) >= 11 is 6.46. The first-order chi connectivity index (χ1) is 25.3. The average Bonchev–Trinajstić information content (AvgIpc) is 3.45. The summed E-state index contributed by atoms with van der Waals surface area (Å²) in [6.07, 6.45) is 8.52. The van der Waals surface area contributed by atoms with Crippen molar-refractivity contribution in [1.82, 2.24) is 14.5 Å². The molecule has 284 valence electrons. The fourth-order valence-corrected chi connectivity index (χ4v) is 10.5. The lowest BCUT2D eigenvalue weighted by molar-refractivity contribution is 0.0124. The van der Waals surface area contributed by atoms with Gasteiger partial charge in [-0.25, -0.2) is 4.21 Å². The maximum absolute atomic E-state index is 14.9. The lowest BCUT2D eigenvalue weighted by atomic mass is 9.68. The Morgan fingerprint density at radius 2 is 1.96 bits per heavy atom. The maximum atomic E-state index is 14.9. The van der Waals surface area contributed by atoms with E-state index < -0.39 is 39.0 Å². The topological polar surface area (TPSA) is 145 Å². The Bertz CT molecular complexity index is 2060. The van der Waals surface area contributed by atoms with Gasteiger partial charge in [0.05, 0.1) is 36.9 Å². The second-order valence-corrected chi connectivity index (χ2v) is 17.8. The molecule has 3 heterocycles. The Morgan fingerprint density at radius 3 is 2.70 bits per heavy atom. The second-order valence-electron chi connectivity index (χ2n) is 15.1. The average molecular weight is 766 g/mol. The highest BCUT2D eigenvalue weighted by atomic mass is 35.5. The number of hydrogen-bond donors (Lipinski definition) is 2. The van der Waals surface area contributed by atoms with Gasteiger partial charge < -0.3 is 24.2 Å². The van der Waals surface area contributed by atoms with E-state index in [2.05, 4.69) is 31.2 Å². The van der Waals surface area contributed by atoms with E-state index in [9.17, 15) is 18.9 Å². The minimum absolute atomic E-state index is 0.0309. The number of nitrogens with zero attached hydrogens (tertiary/aromatic N) is 4. The van der Waals surface area contributed by atoms with Crippen LogP contribution in [0.1, 0.15) is 71.4 Å². The Kier molecular flexibility index (Phi) is 10.4. The third kappa shape index (κ3) is 7.08. The first-order valence-corrected chi connectivity index (χ1v) is 20.2. The largest absolute Gasteiger partial charge is 0.490 e. The van der Waals surface area contributed by atoms with Gasteiger partial charge in [-0.2, -0.15) is 0 Å². The number of fused-ring (bicyclic) bond motifs is 4. The molecule has 12 nitrogen and oxygen atoms in total. The van der Waals surface area contributed by atoms with Crippen molar-refractivity contribution in [1.29, 1.82) is 0 Å². The Hall–Kier alpha value is -3.91. The summed E-state index contributed by atoms with van der Waals surface area (Å²) in [5, 5.41) is 15.3. The van der Waals surface area contributed by atoms with Crippen LogP contribution in [0.2, 0.25) is 5.02 Å². The molecule has 3 aromatic rings. The molecule has 0 saturated heterocycles. The number of rotatable bonds is 4. The van der Waals surface area contributed by atoms with Crippen molar-refractivity contribution in [2.24, 2.45) is 29.2 Å². The number of carbonyl (C=O) groups excluding carboxylic acids is 2. The van der Waals surface area contributed by atoms with Gasteiger partial charge in [-0.05, 0) is 92.3 Å². The van der Waals surface area contributed by atoms with Crippen molar-refractivity contribution in [3.63, 3.8) is 0 Å². The number of hydrogen-bond acceptors (Lipinski definition) is 9. The first kappa shape index (κ1) is 37.4. The quantitative estimate of drug-likeness (QED) is 0.329. The van der Waals surface area contributed by atoms with Crippen LogP contribution in [0.4, 0.5) is 5.69 Å². The van der Waals surface area contributed by atoms with Gasteiger partial charge in [0.2, 0.25) is 5.88 Å². The molecule has 1 spiro atoms. The van der Waals surface area contributed by atoms with E-state index >= 15 is 0 Å². The van der Waals surface area contributed by atoms with Crippen LogP contribution < -0.4 is 19.1 Å². The van der Waals surface area contributed by atoms with Crippen LogP contribution in [0.5, 0.6) is 11.6 Å². The van der Waals surface area contributed by atoms with Gasteiger partial charge in [0.25, 0.3) is 11.8 Å². The second kappa shape index (κ2) is 14.7. The van der Waals surface area contributed by atoms with Crippen molar-refractivity contribution in [2.75, 3.05) is 38.8 Å². The van der Waals surface area contributed by atoms with Crippen molar-refractivity contribution >= 4 is 39.0 Å². The number of aromatic nitrogens is 2. The molecule has 1 saturated carbocycles. The molecule has 8 atom stereocenters. The fourth-order valence-electron chi connectivity index (χ4n) is 8.48. The highest BCUT2D eigenvalue weighted by Crippen LogP contribution is 2.47. The number of aryl methyl sites for hydroxylation is 2. The molecule has 0 radical (unpaired) electrons. The van der Waals surface area contributed by atoms with Crippen LogP contribution in [0.15, 0.2) is 59.1 Å². The monoisotopic (exact) mass is 765 g/mol. The van der Waals surface area contributed by atoms with E-state index in [-0.39, 0.29) is 40.4 Å². The number of benzene rings is 2. The lowest BCUT2D eigenvalue weighted by Crippen LogP contribution is -2.49. The minimum Gasteiger partial charge on any atom is -0.490 e. The molecule has 2 aromatic carbocycles. The predicted molar refractivity (Wildman–Crippen MR) is 203 cm³/mol. The number of aliphatic hydroxyl groups is 1. The molecule has 2 bridgehead atoms. The summed E-state index contributed by atoms with van der Waals surface area (Å²) in [5.74, 6) is -1.05. The summed E-state index contributed by atoms with van der Waals surface area (Å²) in [4.78, 5) is 30.2. The van der Waals surface area contributed by atoms with Crippen LogP contribution in [-0.2, 0) is 33.5 Å². The number of nitrogens with one attached hydrogen (secondary N) is 1. The minimum atomic E-state index is -3.87. The summed E-state index contributed by atoms with van der Waals surface area (Å²) in [6, 6.07) is 11.3. The zero-order valence-corrected chi connectivity index (χ0v) is 32.4. The third-order valence-electron chi connectivity index (χ3n) is 11.9. The zero-order valence-electron chi connectivity index (χ0n) is 30.8. The molecule has 4 aliphatic rings.